The minimum atomic E-state index is 0.672. The van der Waals surface area contributed by atoms with E-state index in [1.165, 1.54) is 0 Å². The molecule has 0 saturated carbocycles. The number of aliphatic imine (C=N–C) groups is 1. The Bertz CT molecular complexity index is 2800. The van der Waals surface area contributed by atoms with Gasteiger partial charge in [0.15, 0.2) is 0 Å². The maximum Gasteiger partial charge on any atom is 0.121 e. The molecule has 10 rings (SSSR count). The standard InChI is InChI=1S/C50H34N6/c1-6-16-33(17-7-1)45-38-32-51-50(49(38)56-55-37-24-14-5-15-25-37)48(36-22-12-4-13-23-36)44-31-30-43(54-44)47(35-20-10-3-11-21-35)42-29-28-41(53-42)46(34-18-8-2-9-19-34)40-27-26-39(45)52-40/h1-32,52,54H. The van der Waals surface area contributed by atoms with Crippen LogP contribution in [0.5, 0.6) is 0 Å². The van der Waals surface area contributed by atoms with E-state index in [9.17, 15) is 0 Å². The van der Waals surface area contributed by atoms with Gasteiger partial charge in [0.2, 0.25) is 0 Å². The molecule has 2 aliphatic heterocycles. The molecule has 0 aliphatic carbocycles. The van der Waals surface area contributed by atoms with Crippen LogP contribution in [-0.4, -0.2) is 21.2 Å². The van der Waals surface area contributed by atoms with E-state index < -0.39 is 0 Å². The molecule has 0 fully saturated rings. The molecule has 8 bridgehead atoms. The fourth-order valence-corrected chi connectivity index (χ4v) is 7.64. The van der Waals surface area contributed by atoms with E-state index in [1.54, 1.807) is 0 Å². The number of hydrogen-bond donors (Lipinski definition) is 2. The van der Waals surface area contributed by atoms with Crippen LogP contribution in [0, 0.1) is 0 Å². The van der Waals surface area contributed by atoms with Crippen LogP contribution in [0.3, 0.4) is 0 Å². The maximum absolute atomic E-state index is 5.39. The molecule has 0 spiro atoms. The predicted octanol–water partition coefficient (Wildman–Crippen LogP) is 13.9. The second kappa shape index (κ2) is 14.3. The summed E-state index contributed by atoms with van der Waals surface area (Å²) in [7, 11) is 0. The number of fused-ring (bicyclic) bond motifs is 8. The lowest BCUT2D eigenvalue weighted by Gasteiger charge is -2.08. The Kier molecular flexibility index (Phi) is 8.39. The first kappa shape index (κ1) is 32.9. The largest absolute Gasteiger partial charge is 0.354 e. The summed E-state index contributed by atoms with van der Waals surface area (Å²) < 4.78 is 0. The van der Waals surface area contributed by atoms with E-state index in [-0.39, 0.29) is 0 Å². The summed E-state index contributed by atoms with van der Waals surface area (Å²) in [6, 6.07) is 60.1. The molecule has 0 atom stereocenters. The van der Waals surface area contributed by atoms with Crippen molar-refractivity contribution >= 4 is 57.5 Å². The summed E-state index contributed by atoms with van der Waals surface area (Å²) in [5.41, 5.74) is 16.5. The van der Waals surface area contributed by atoms with Crippen molar-refractivity contribution in [3.8, 4) is 44.5 Å². The van der Waals surface area contributed by atoms with Gasteiger partial charge in [-0.2, -0.15) is 5.11 Å². The van der Waals surface area contributed by atoms with Crippen LogP contribution >= 0.6 is 0 Å². The normalized spacial score (nSPS) is 12.1. The second-order valence-electron chi connectivity index (χ2n) is 13.7. The zero-order valence-electron chi connectivity index (χ0n) is 30.3. The third-order valence-electron chi connectivity index (χ3n) is 10.2. The van der Waals surface area contributed by atoms with Crippen LogP contribution in [0.1, 0.15) is 17.0 Å². The molecule has 0 unspecified atom stereocenters. The molecule has 0 saturated heterocycles. The summed E-state index contributed by atoms with van der Waals surface area (Å²) in [5, 5.41) is 9.88. The van der Waals surface area contributed by atoms with Gasteiger partial charge >= 0.3 is 0 Å². The van der Waals surface area contributed by atoms with Gasteiger partial charge in [0.05, 0.1) is 17.1 Å². The Balaban J connectivity index is 1.43. The molecule has 6 nitrogen and oxygen atoms in total. The summed E-state index contributed by atoms with van der Waals surface area (Å²) in [6.07, 6.45) is 6.19. The van der Waals surface area contributed by atoms with E-state index >= 15 is 0 Å². The van der Waals surface area contributed by atoms with Crippen molar-refractivity contribution in [2.75, 3.05) is 0 Å². The first-order valence-electron chi connectivity index (χ1n) is 18.7. The summed E-state index contributed by atoms with van der Waals surface area (Å²) in [4.78, 5) is 18.3. The molecule has 264 valence electrons. The number of hydrogen-bond acceptors (Lipinski definition) is 4. The van der Waals surface area contributed by atoms with Crippen molar-refractivity contribution in [1.82, 2.24) is 15.0 Å². The van der Waals surface area contributed by atoms with E-state index in [4.69, 9.17) is 20.2 Å². The monoisotopic (exact) mass is 718 g/mol. The average molecular weight is 719 g/mol. The number of H-pyrrole nitrogens is 2. The van der Waals surface area contributed by atoms with E-state index in [0.717, 1.165) is 94.9 Å². The van der Waals surface area contributed by atoms with Gasteiger partial charge in [0, 0.05) is 56.1 Å². The third kappa shape index (κ3) is 6.05. The zero-order chi connectivity index (χ0) is 37.3. The predicted molar refractivity (Wildman–Crippen MR) is 232 cm³/mol. The first-order chi connectivity index (χ1) is 27.8. The van der Waals surface area contributed by atoms with Crippen molar-refractivity contribution in [3.63, 3.8) is 0 Å². The second-order valence-corrected chi connectivity index (χ2v) is 13.7. The number of nitrogens with one attached hydrogen (secondary N) is 2. The van der Waals surface area contributed by atoms with Crippen LogP contribution in [0.25, 0.3) is 78.7 Å². The molecule has 0 radical (unpaired) electrons. The Labute approximate surface area is 324 Å². The minimum absolute atomic E-state index is 0.672. The van der Waals surface area contributed by atoms with Gasteiger partial charge in [-0.15, -0.1) is 5.11 Å². The Hall–Kier alpha value is -7.70. The number of rotatable bonds is 6. The number of nitrogens with zero attached hydrogens (tertiary/aromatic N) is 4. The lowest BCUT2D eigenvalue weighted by atomic mass is 9.99. The van der Waals surface area contributed by atoms with Crippen LogP contribution in [0.15, 0.2) is 191 Å². The smallest absolute Gasteiger partial charge is 0.121 e. The SMILES string of the molecule is C1=Cc2nc1c(-c1ccccc1)c1ccc([nH]1)c(-c1ccccc1)c1c(N=Nc3ccccc3)c(c(-c3ccccc3)c3ccc([nH]3)c2-c2ccccc2)N=C1. The highest BCUT2D eigenvalue weighted by Crippen LogP contribution is 2.47. The van der Waals surface area contributed by atoms with Crippen molar-refractivity contribution in [3.05, 3.63) is 193 Å². The van der Waals surface area contributed by atoms with Crippen molar-refractivity contribution in [1.29, 1.82) is 0 Å². The lowest BCUT2D eigenvalue weighted by Crippen LogP contribution is -1.88. The molecule has 5 heterocycles. The van der Waals surface area contributed by atoms with Crippen molar-refractivity contribution in [2.24, 2.45) is 15.2 Å². The number of benzene rings is 5. The third-order valence-corrected chi connectivity index (χ3v) is 10.2. The molecule has 0 amide bonds. The Morgan fingerprint density at radius 1 is 0.375 bits per heavy atom. The summed E-state index contributed by atoms with van der Waals surface area (Å²) >= 11 is 0. The van der Waals surface area contributed by atoms with Crippen molar-refractivity contribution < 1.29 is 0 Å². The van der Waals surface area contributed by atoms with Gasteiger partial charge in [0.25, 0.3) is 0 Å². The fourth-order valence-electron chi connectivity index (χ4n) is 7.64. The molecule has 2 aliphatic rings. The average Bonchev–Trinajstić information content (AvgIpc) is 4.10. The fraction of sp³-hybridized carbons (Fsp3) is 0. The Morgan fingerprint density at radius 3 is 1.25 bits per heavy atom. The van der Waals surface area contributed by atoms with Gasteiger partial charge in [-0.05, 0) is 70.8 Å². The zero-order valence-corrected chi connectivity index (χ0v) is 30.3. The Morgan fingerprint density at radius 2 is 0.768 bits per heavy atom. The van der Waals surface area contributed by atoms with Gasteiger partial charge < -0.3 is 9.97 Å². The molecule has 3 aromatic heterocycles. The molecule has 6 heteroatoms. The molecular formula is C50H34N6. The van der Waals surface area contributed by atoms with Crippen molar-refractivity contribution in [2.45, 2.75) is 0 Å². The lowest BCUT2D eigenvalue weighted by molar-refractivity contribution is 1.23. The molecular weight excluding hydrogens is 685 g/mol. The topological polar surface area (TPSA) is 81.5 Å². The molecule has 56 heavy (non-hydrogen) atoms. The number of azo groups is 1. The quantitative estimate of drug-likeness (QED) is 0.165. The maximum atomic E-state index is 5.39. The highest BCUT2D eigenvalue weighted by atomic mass is 15.1. The highest BCUT2D eigenvalue weighted by molar-refractivity contribution is 6.11. The number of aromatic nitrogens is 3. The van der Waals surface area contributed by atoms with Crippen LogP contribution in [0.2, 0.25) is 0 Å². The molecule has 5 aromatic carbocycles. The molecule has 8 aromatic rings. The number of aromatic amines is 2. The molecule has 2 N–H and O–H groups in total. The van der Waals surface area contributed by atoms with E-state index in [0.29, 0.717) is 5.69 Å². The van der Waals surface area contributed by atoms with Gasteiger partial charge in [-0.25, -0.2) is 4.98 Å². The van der Waals surface area contributed by atoms with Gasteiger partial charge in [0.1, 0.15) is 11.4 Å². The summed E-state index contributed by atoms with van der Waals surface area (Å²) in [5.74, 6) is 0. The summed E-state index contributed by atoms with van der Waals surface area (Å²) in [6.45, 7) is 0. The van der Waals surface area contributed by atoms with Crippen LogP contribution < -0.4 is 0 Å². The highest BCUT2D eigenvalue weighted by Gasteiger charge is 2.23. The van der Waals surface area contributed by atoms with Crippen LogP contribution in [-0.2, 0) is 0 Å². The first-order valence-corrected chi connectivity index (χ1v) is 18.7. The minimum Gasteiger partial charge on any atom is -0.354 e. The van der Waals surface area contributed by atoms with Gasteiger partial charge in [-0.3, -0.25) is 4.99 Å². The van der Waals surface area contributed by atoms with Gasteiger partial charge in [-0.1, -0.05) is 140 Å². The van der Waals surface area contributed by atoms with E-state index in [1.807, 2.05) is 60.8 Å². The van der Waals surface area contributed by atoms with Crippen LogP contribution in [0.4, 0.5) is 17.1 Å². The van der Waals surface area contributed by atoms with E-state index in [2.05, 4.69) is 143 Å².